The quantitative estimate of drug-likeness (QED) is 0.219. The molecule has 1 N–H and O–H groups in total. The first-order chi connectivity index (χ1) is 18.6. The highest BCUT2D eigenvalue weighted by molar-refractivity contribution is 5.98. The molecule has 4 aromatic rings. The number of halogens is 3. The van der Waals surface area contributed by atoms with Crippen LogP contribution in [0.15, 0.2) is 61.3 Å². The zero-order valence-corrected chi connectivity index (χ0v) is 21.8. The zero-order valence-electron chi connectivity index (χ0n) is 21.8. The lowest BCUT2D eigenvalue weighted by atomic mass is 9.98. The van der Waals surface area contributed by atoms with Gasteiger partial charge in [0.15, 0.2) is 11.4 Å². The first kappa shape index (κ1) is 26.5. The van der Waals surface area contributed by atoms with Gasteiger partial charge in [-0.2, -0.15) is 18.3 Å². The number of rotatable bonds is 10. The van der Waals surface area contributed by atoms with Crippen LogP contribution in [0.25, 0.3) is 22.5 Å². The van der Waals surface area contributed by atoms with E-state index in [1.165, 1.54) is 0 Å². The van der Waals surface area contributed by atoms with Crippen molar-refractivity contribution in [2.75, 3.05) is 19.0 Å². The molecule has 1 saturated carbocycles. The number of aryl methyl sites for hydroxylation is 1. The Kier molecular flexibility index (Phi) is 7.16. The van der Waals surface area contributed by atoms with Gasteiger partial charge in [0.25, 0.3) is 0 Å². The maximum absolute atomic E-state index is 12.9. The highest BCUT2D eigenvalue weighted by atomic mass is 19.4. The largest absolute Gasteiger partial charge is 0.497 e. The lowest BCUT2D eigenvalue weighted by molar-refractivity contribution is -0.131. The van der Waals surface area contributed by atoms with E-state index >= 15 is 0 Å². The van der Waals surface area contributed by atoms with Crippen LogP contribution in [0.2, 0.25) is 0 Å². The monoisotopic (exact) mass is 534 g/mol. The topological polar surface area (TPSA) is 68.5 Å². The second kappa shape index (κ2) is 10.6. The Labute approximate surface area is 224 Å². The number of carbonyl (C=O) groups excluding carboxylic acids is 1. The van der Waals surface area contributed by atoms with Crippen LogP contribution in [0.1, 0.15) is 52.9 Å². The molecule has 0 amide bonds. The van der Waals surface area contributed by atoms with Crippen molar-refractivity contribution in [1.29, 1.82) is 0 Å². The number of ketones is 1. The smallest absolute Gasteiger partial charge is 0.390 e. The second-order valence-electron chi connectivity index (χ2n) is 9.92. The van der Waals surface area contributed by atoms with Crippen molar-refractivity contribution < 1.29 is 22.7 Å². The number of anilines is 1. The molecular formula is C30H29F3N4O2. The summed E-state index contributed by atoms with van der Waals surface area (Å²) < 4.78 is 45.6. The third-order valence-electron chi connectivity index (χ3n) is 6.91. The maximum atomic E-state index is 12.9. The number of aromatic nitrogens is 3. The molecule has 6 nitrogen and oxygen atoms in total. The molecule has 0 aliphatic heterocycles. The summed E-state index contributed by atoms with van der Waals surface area (Å²) >= 11 is 0. The van der Waals surface area contributed by atoms with Gasteiger partial charge < -0.3 is 10.1 Å². The number of hydrogen-bond donors (Lipinski definition) is 1. The number of hydrogen-bond acceptors (Lipinski definition) is 5. The van der Waals surface area contributed by atoms with Gasteiger partial charge in [0.05, 0.1) is 36.8 Å². The first-order valence-electron chi connectivity index (χ1n) is 12.8. The van der Waals surface area contributed by atoms with Gasteiger partial charge in [0.1, 0.15) is 5.75 Å². The zero-order chi connectivity index (χ0) is 27.7. The molecule has 0 spiro atoms. The Morgan fingerprint density at radius 2 is 1.97 bits per heavy atom. The van der Waals surface area contributed by atoms with E-state index < -0.39 is 12.6 Å². The third kappa shape index (κ3) is 5.97. The molecule has 202 valence electrons. The van der Waals surface area contributed by atoms with Crippen molar-refractivity contribution in [3.63, 3.8) is 0 Å². The van der Waals surface area contributed by atoms with E-state index in [1.54, 1.807) is 23.9 Å². The molecule has 5 rings (SSSR count). The van der Waals surface area contributed by atoms with Crippen molar-refractivity contribution in [2.45, 2.75) is 38.8 Å². The predicted molar refractivity (Wildman–Crippen MR) is 145 cm³/mol. The van der Waals surface area contributed by atoms with Crippen LogP contribution in [0.5, 0.6) is 5.75 Å². The number of alkyl halides is 3. The molecule has 0 radical (unpaired) electrons. The molecule has 0 unspecified atom stereocenters. The summed E-state index contributed by atoms with van der Waals surface area (Å²) in [4.78, 5) is 17.2. The van der Waals surface area contributed by atoms with E-state index in [2.05, 4.69) is 16.9 Å². The molecule has 39 heavy (non-hydrogen) atoms. The molecule has 1 fully saturated rings. The molecule has 0 atom stereocenters. The number of fused-ring (bicyclic) bond motifs is 1. The van der Waals surface area contributed by atoms with Crippen LogP contribution in [0, 0.1) is 12.8 Å². The summed E-state index contributed by atoms with van der Waals surface area (Å²) in [5.41, 5.74) is 5.60. The van der Waals surface area contributed by atoms with Gasteiger partial charge in [-0.1, -0.05) is 30.8 Å². The van der Waals surface area contributed by atoms with Crippen molar-refractivity contribution >= 4 is 22.7 Å². The fraction of sp³-hybridized carbons (Fsp3) is 0.300. The molecule has 2 aromatic heterocycles. The summed E-state index contributed by atoms with van der Waals surface area (Å²) in [6.07, 6.45) is -0.856. The van der Waals surface area contributed by atoms with Crippen molar-refractivity contribution in [3.05, 3.63) is 83.7 Å². The number of carbonyl (C=O) groups is 1. The number of Topliss-reactive ketones (excluding diaryl/α,β-unsaturated/α-hetero) is 1. The van der Waals surface area contributed by atoms with E-state index in [9.17, 15) is 18.0 Å². The average molecular weight is 535 g/mol. The van der Waals surface area contributed by atoms with Gasteiger partial charge in [0, 0.05) is 29.7 Å². The molecule has 0 saturated heterocycles. The van der Waals surface area contributed by atoms with Crippen LogP contribution in [-0.4, -0.2) is 40.2 Å². The highest BCUT2D eigenvalue weighted by Crippen LogP contribution is 2.35. The number of nitrogens with zero attached hydrogens (tertiary/aromatic N) is 3. The van der Waals surface area contributed by atoms with Crippen LogP contribution in [-0.2, 0) is 0 Å². The van der Waals surface area contributed by atoms with E-state index in [0.717, 1.165) is 29.5 Å². The van der Waals surface area contributed by atoms with Gasteiger partial charge in [-0.25, -0.2) is 9.50 Å². The lowest BCUT2D eigenvalue weighted by Crippen LogP contribution is -2.15. The van der Waals surface area contributed by atoms with Gasteiger partial charge >= 0.3 is 6.18 Å². The van der Waals surface area contributed by atoms with Crippen LogP contribution >= 0.6 is 0 Å². The minimum Gasteiger partial charge on any atom is -0.497 e. The summed E-state index contributed by atoms with van der Waals surface area (Å²) in [7, 11) is 1.57. The van der Waals surface area contributed by atoms with Gasteiger partial charge in [0.2, 0.25) is 0 Å². The number of imidazole rings is 1. The molecule has 1 aliphatic rings. The number of nitrogens with one attached hydrogen (secondary N) is 1. The number of methoxy groups -OCH3 is 1. The van der Waals surface area contributed by atoms with Crippen LogP contribution in [0.4, 0.5) is 18.9 Å². The van der Waals surface area contributed by atoms with E-state index in [4.69, 9.17) is 9.84 Å². The molecule has 2 aromatic carbocycles. The molecule has 9 heteroatoms. The van der Waals surface area contributed by atoms with E-state index in [-0.39, 0.29) is 12.3 Å². The first-order valence-corrected chi connectivity index (χ1v) is 12.8. The Bertz CT molecular complexity index is 1550. The maximum Gasteiger partial charge on any atom is 0.390 e. The van der Waals surface area contributed by atoms with Crippen LogP contribution < -0.4 is 10.1 Å². The Morgan fingerprint density at radius 1 is 1.18 bits per heavy atom. The molecule has 0 bridgehead atoms. The Morgan fingerprint density at radius 3 is 2.67 bits per heavy atom. The fourth-order valence-electron chi connectivity index (χ4n) is 4.57. The number of ether oxygens (including phenoxy) is 1. The highest BCUT2D eigenvalue weighted by Gasteiger charge is 2.27. The van der Waals surface area contributed by atoms with Crippen molar-refractivity contribution in [1.82, 2.24) is 14.6 Å². The summed E-state index contributed by atoms with van der Waals surface area (Å²) in [5, 5.41) is 7.66. The Hall–Kier alpha value is -4.14. The van der Waals surface area contributed by atoms with Crippen LogP contribution in [0.3, 0.4) is 0 Å². The van der Waals surface area contributed by atoms with Gasteiger partial charge in [-0.05, 0) is 61.1 Å². The third-order valence-corrected chi connectivity index (χ3v) is 6.91. The molecular weight excluding hydrogens is 505 g/mol. The molecule has 1 aliphatic carbocycles. The number of benzene rings is 2. The van der Waals surface area contributed by atoms with Crippen molar-refractivity contribution in [2.24, 2.45) is 5.92 Å². The SMILES string of the molecule is C=C(c1cccc(OC)c1)c1cc(NCCC(F)(F)F)c2ncc(-c3ccc(C(=O)CC4CC4)c(C)c3)n2n1. The molecule has 2 heterocycles. The van der Waals surface area contributed by atoms with E-state index in [1.807, 2.05) is 49.4 Å². The summed E-state index contributed by atoms with van der Waals surface area (Å²) in [6, 6.07) is 14.6. The fourth-order valence-corrected chi connectivity index (χ4v) is 4.57. The van der Waals surface area contributed by atoms with Gasteiger partial charge in [-0.3, -0.25) is 4.79 Å². The van der Waals surface area contributed by atoms with Crippen molar-refractivity contribution in [3.8, 4) is 17.0 Å². The average Bonchev–Trinajstić information content (AvgIpc) is 3.61. The van der Waals surface area contributed by atoms with Gasteiger partial charge in [-0.15, -0.1) is 0 Å². The predicted octanol–water partition coefficient (Wildman–Crippen LogP) is 7.12. The minimum atomic E-state index is -4.29. The standard InChI is InChI=1S/C30H29F3N4O2/c1-18-13-22(9-10-24(18)28(38)14-20-7-8-20)27-17-35-29-26(34-12-11-30(31,32)33)16-25(36-37(27)29)19(2)21-5-4-6-23(15-21)39-3/h4-6,9-10,13,15-17,20,34H,2,7-8,11-12,14H2,1,3H3. The minimum absolute atomic E-state index is 0.144. The normalized spacial score (nSPS) is 13.5. The second-order valence-corrected chi connectivity index (χ2v) is 9.92. The lowest BCUT2D eigenvalue weighted by Gasteiger charge is -2.14. The van der Waals surface area contributed by atoms with E-state index in [0.29, 0.717) is 51.9 Å². The Balaban J connectivity index is 1.55. The summed E-state index contributed by atoms with van der Waals surface area (Å²) in [5.74, 6) is 1.29. The summed E-state index contributed by atoms with van der Waals surface area (Å²) in [6.45, 7) is 5.79.